The fourth-order valence-corrected chi connectivity index (χ4v) is 2.69. The standard InChI is InChI=1S/C16H16N2O/c17-14-7-13(8-15(18)9-14)16(19)12-5-4-10-2-1-3-11(10)6-12/h4-9H,1-3,17-18H2. The first-order valence-electron chi connectivity index (χ1n) is 6.46. The van der Waals surface area contributed by atoms with E-state index in [0.29, 0.717) is 22.5 Å². The van der Waals surface area contributed by atoms with Crippen LogP contribution in [-0.4, -0.2) is 5.78 Å². The Hall–Kier alpha value is -2.29. The lowest BCUT2D eigenvalue weighted by Crippen LogP contribution is -2.04. The molecule has 0 aliphatic heterocycles. The molecule has 0 aromatic heterocycles. The number of rotatable bonds is 2. The molecule has 0 heterocycles. The van der Waals surface area contributed by atoms with Gasteiger partial charge in [0.05, 0.1) is 0 Å². The average Bonchev–Trinajstić information content (AvgIpc) is 2.83. The summed E-state index contributed by atoms with van der Waals surface area (Å²) in [5, 5.41) is 0. The van der Waals surface area contributed by atoms with Gasteiger partial charge in [-0.3, -0.25) is 4.79 Å². The molecule has 3 heteroatoms. The molecule has 1 aliphatic rings. The Bertz CT molecular complexity index is 642. The molecule has 0 unspecified atom stereocenters. The molecule has 0 amide bonds. The third-order valence-electron chi connectivity index (χ3n) is 3.60. The monoisotopic (exact) mass is 252 g/mol. The topological polar surface area (TPSA) is 69.1 Å². The quantitative estimate of drug-likeness (QED) is 0.637. The fourth-order valence-electron chi connectivity index (χ4n) is 2.69. The van der Waals surface area contributed by atoms with Crippen molar-refractivity contribution in [2.75, 3.05) is 11.5 Å². The Labute approximate surface area is 112 Å². The maximum atomic E-state index is 12.4. The summed E-state index contributed by atoms with van der Waals surface area (Å²) in [4.78, 5) is 12.4. The van der Waals surface area contributed by atoms with Crippen molar-refractivity contribution < 1.29 is 4.79 Å². The number of nitrogens with two attached hydrogens (primary N) is 2. The lowest BCUT2D eigenvalue weighted by Gasteiger charge is -2.06. The number of hydrogen-bond acceptors (Lipinski definition) is 3. The molecule has 3 nitrogen and oxygen atoms in total. The van der Waals surface area contributed by atoms with Crippen LogP contribution in [0.1, 0.15) is 33.5 Å². The summed E-state index contributed by atoms with van der Waals surface area (Å²) in [6.45, 7) is 0. The van der Waals surface area contributed by atoms with Crippen LogP contribution in [0.5, 0.6) is 0 Å². The molecule has 0 fully saturated rings. The zero-order chi connectivity index (χ0) is 13.4. The molecular formula is C16H16N2O. The summed E-state index contributed by atoms with van der Waals surface area (Å²) in [6.07, 6.45) is 3.36. The number of aryl methyl sites for hydroxylation is 2. The van der Waals surface area contributed by atoms with E-state index in [1.54, 1.807) is 18.2 Å². The second kappa shape index (κ2) is 4.43. The number of anilines is 2. The SMILES string of the molecule is Nc1cc(N)cc(C(=O)c2ccc3c(c2)CCC3)c1. The van der Waals surface area contributed by atoms with Gasteiger partial charge in [-0.05, 0) is 54.7 Å². The van der Waals surface area contributed by atoms with Crippen molar-refractivity contribution in [3.05, 3.63) is 58.7 Å². The normalized spacial score (nSPS) is 13.3. The number of benzene rings is 2. The van der Waals surface area contributed by atoms with Crippen LogP contribution in [0, 0.1) is 0 Å². The van der Waals surface area contributed by atoms with Gasteiger partial charge in [-0.2, -0.15) is 0 Å². The number of hydrogen-bond donors (Lipinski definition) is 2. The third-order valence-corrected chi connectivity index (χ3v) is 3.60. The summed E-state index contributed by atoms with van der Waals surface area (Å²) in [6, 6.07) is 11.0. The van der Waals surface area contributed by atoms with Gasteiger partial charge in [-0.15, -0.1) is 0 Å². The summed E-state index contributed by atoms with van der Waals surface area (Å²) >= 11 is 0. The molecule has 0 bridgehead atoms. The van der Waals surface area contributed by atoms with Crippen LogP contribution in [0.15, 0.2) is 36.4 Å². The minimum atomic E-state index is -0.0197. The lowest BCUT2D eigenvalue weighted by molar-refractivity contribution is 0.103. The molecule has 19 heavy (non-hydrogen) atoms. The van der Waals surface area contributed by atoms with Gasteiger partial charge in [-0.25, -0.2) is 0 Å². The highest BCUT2D eigenvalue weighted by molar-refractivity contribution is 6.10. The van der Waals surface area contributed by atoms with E-state index in [1.807, 2.05) is 12.1 Å². The van der Waals surface area contributed by atoms with E-state index in [2.05, 4.69) is 6.07 Å². The highest BCUT2D eigenvalue weighted by atomic mass is 16.1. The van der Waals surface area contributed by atoms with E-state index in [4.69, 9.17) is 11.5 Å². The molecule has 2 aromatic carbocycles. The second-order valence-corrected chi connectivity index (χ2v) is 5.05. The Kier molecular flexibility index (Phi) is 2.75. The van der Waals surface area contributed by atoms with Crippen LogP contribution in [0.4, 0.5) is 11.4 Å². The first kappa shape index (κ1) is 11.8. The van der Waals surface area contributed by atoms with Crippen LogP contribution in [0.2, 0.25) is 0 Å². The molecule has 1 aliphatic carbocycles. The van der Waals surface area contributed by atoms with Crippen molar-refractivity contribution in [1.82, 2.24) is 0 Å². The van der Waals surface area contributed by atoms with Crippen molar-refractivity contribution >= 4 is 17.2 Å². The van der Waals surface area contributed by atoms with Crippen molar-refractivity contribution in [2.24, 2.45) is 0 Å². The Balaban J connectivity index is 1.99. The number of carbonyl (C=O) groups is 1. The molecule has 3 rings (SSSR count). The number of fused-ring (bicyclic) bond motifs is 1. The maximum absolute atomic E-state index is 12.4. The summed E-state index contributed by atoms with van der Waals surface area (Å²) in [5.41, 5.74) is 16.4. The van der Waals surface area contributed by atoms with Gasteiger partial charge in [-0.1, -0.05) is 12.1 Å². The average molecular weight is 252 g/mol. The highest BCUT2D eigenvalue weighted by Gasteiger charge is 2.15. The van der Waals surface area contributed by atoms with Crippen molar-refractivity contribution in [3.8, 4) is 0 Å². The van der Waals surface area contributed by atoms with E-state index in [1.165, 1.54) is 17.5 Å². The molecule has 0 atom stereocenters. The molecule has 0 radical (unpaired) electrons. The molecule has 0 spiro atoms. The summed E-state index contributed by atoms with van der Waals surface area (Å²) in [7, 11) is 0. The van der Waals surface area contributed by atoms with Crippen molar-refractivity contribution in [2.45, 2.75) is 19.3 Å². The smallest absolute Gasteiger partial charge is 0.193 e. The molecule has 4 N–H and O–H groups in total. The Morgan fingerprint density at radius 1 is 0.842 bits per heavy atom. The number of ketones is 1. The van der Waals surface area contributed by atoms with Crippen LogP contribution in [0.3, 0.4) is 0 Å². The molecule has 2 aromatic rings. The van der Waals surface area contributed by atoms with E-state index in [0.717, 1.165) is 12.8 Å². The van der Waals surface area contributed by atoms with Crippen molar-refractivity contribution in [3.63, 3.8) is 0 Å². The van der Waals surface area contributed by atoms with Crippen LogP contribution < -0.4 is 11.5 Å². The molecule has 96 valence electrons. The van der Waals surface area contributed by atoms with Gasteiger partial charge < -0.3 is 11.5 Å². The van der Waals surface area contributed by atoms with E-state index < -0.39 is 0 Å². The van der Waals surface area contributed by atoms with Gasteiger partial charge >= 0.3 is 0 Å². The minimum absolute atomic E-state index is 0.0197. The predicted octanol–water partition coefficient (Wildman–Crippen LogP) is 2.57. The van der Waals surface area contributed by atoms with Crippen LogP contribution in [0.25, 0.3) is 0 Å². The predicted molar refractivity (Wildman–Crippen MR) is 77.2 cm³/mol. The van der Waals surface area contributed by atoms with Gasteiger partial charge in [0.1, 0.15) is 0 Å². The molecule has 0 saturated heterocycles. The summed E-state index contributed by atoms with van der Waals surface area (Å²) in [5.74, 6) is -0.0197. The van der Waals surface area contributed by atoms with E-state index in [9.17, 15) is 4.79 Å². The Morgan fingerprint density at radius 3 is 2.26 bits per heavy atom. The van der Waals surface area contributed by atoms with Gasteiger partial charge in [0.15, 0.2) is 5.78 Å². The first-order chi connectivity index (χ1) is 9.13. The largest absolute Gasteiger partial charge is 0.399 e. The molecule has 0 saturated carbocycles. The number of nitrogen functional groups attached to an aromatic ring is 2. The maximum Gasteiger partial charge on any atom is 0.193 e. The Morgan fingerprint density at radius 2 is 1.53 bits per heavy atom. The second-order valence-electron chi connectivity index (χ2n) is 5.05. The van der Waals surface area contributed by atoms with E-state index in [-0.39, 0.29) is 5.78 Å². The van der Waals surface area contributed by atoms with Crippen molar-refractivity contribution in [1.29, 1.82) is 0 Å². The van der Waals surface area contributed by atoms with Gasteiger partial charge in [0, 0.05) is 22.5 Å². The minimum Gasteiger partial charge on any atom is -0.399 e. The summed E-state index contributed by atoms with van der Waals surface area (Å²) < 4.78 is 0. The fraction of sp³-hybridized carbons (Fsp3) is 0.188. The highest BCUT2D eigenvalue weighted by Crippen LogP contribution is 2.24. The lowest BCUT2D eigenvalue weighted by atomic mass is 9.99. The zero-order valence-corrected chi connectivity index (χ0v) is 10.6. The van der Waals surface area contributed by atoms with E-state index >= 15 is 0 Å². The van der Waals surface area contributed by atoms with Crippen LogP contribution in [-0.2, 0) is 12.8 Å². The molecular weight excluding hydrogens is 236 g/mol. The first-order valence-corrected chi connectivity index (χ1v) is 6.46. The van der Waals surface area contributed by atoms with Crippen LogP contribution >= 0.6 is 0 Å². The third kappa shape index (κ3) is 2.19. The van der Waals surface area contributed by atoms with Gasteiger partial charge in [0.2, 0.25) is 0 Å². The van der Waals surface area contributed by atoms with Gasteiger partial charge in [0.25, 0.3) is 0 Å². The zero-order valence-electron chi connectivity index (χ0n) is 10.6. The number of carbonyl (C=O) groups excluding carboxylic acids is 1.